The first kappa shape index (κ1) is 21.9. The summed E-state index contributed by atoms with van der Waals surface area (Å²) in [6.45, 7) is 0. The molecule has 1 aliphatic rings. The third-order valence-electron chi connectivity index (χ3n) is 3.40. The summed E-state index contributed by atoms with van der Waals surface area (Å²) in [4.78, 5) is 0. The predicted octanol–water partition coefficient (Wildman–Crippen LogP) is 5.00. The van der Waals surface area contributed by atoms with Gasteiger partial charge >= 0.3 is 33.4 Å². The van der Waals surface area contributed by atoms with Gasteiger partial charge < -0.3 is 4.18 Å². The fourth-order valence-electron chi connectivity index (χ4n) is 1.95. The van der Waals surface area contributed by atoms with Gasteiger partial charge in [-0.3, -0.25) is 0 Å². The Kier molecular flexibility index (Phi) is 6.02. The summed E-state index contributed by atoms with van der Waals surface area (Å²) < 4.78 is 141. The second kappa shape index (κ2) is 6.88. The van der Waals surface area contributed by atoms with Crippen LogP contribution in [0.4, 0.5) is 39.5 Å². The Balaban J connectivity index is 3.21. The van der Waals surface area contributed by atoms with Crippen LogP contribution in [0, 0.1) is 0 Å². The second-order valence-electron chi connectivity index (χ2n) is 5.32. The van der Waals surface area contributed by atoms with E-state index in [4.69, 9.17) is 0 Å². The predicted molar refractivity (Wildman–Crippen MR) is 66.7 cm³/mol. The third-order valence-corrected chi connectivity index (χ3v) is 4.71. The molecule has 13 heteroatoms. The quantitative estimate of drug-likeness (QED) is 0.475. The van der Waals surface area contributed by atoms with Crippen molar-refractivity contribution in [3.8, 4) is 0 Å². The van der Waals surface area contributed by atoms with Crippen molar-refractivity contribution in [2.24, 2.45) is 0 Å². The standard InChI is InChI=1S/C12H13F9O3S/c13-9(14,11(17,18)19)10(15,16)12(20,21)25(22,23)24-8-6-4-2-1-3-5-7-8/h6H,1-5,7H2. The molecule has 0 aromatic heterocycles. The van der Waals surface area contributed by atoms with Crippen molar-refractivity contribution < 1.29 is 52.1 Å². The second-order valence-corrected chi connectivity index (χ2v) is 6.91. The van der Waals surface area contributed by atoms with Crippen molar-refractivity contribution >= 4 is 10.1 Å². The average molecular weight is 408 g/mol. The van der Waals surface area contributed by atoms with E-state index in [1.54, 1.807) is 0 Å². The number of halogens is 9. The van der Waals surface area contributed by atoms with Gasteiger partial charge in [0.15, 0.2) is 0 Å². The van der Waals surface area contributed by atoms with E-state index >= 15 is 0 Å². The van der Waals surface area contributed by atoms with Crippen LogP contribution >= 0.6 is 0 Å². The fourth-order valence-corrected chi connectivity index (χ4v) is 2.93. The van der Waals surface area contributed by atoms with Crippen LogP contribution in [0.3, 0.4) is 0 Å². The van der Waals surface area contributed by atoms with Crippen molar-refractivity contribution in [1.29, 1.82) is 0 Å². The normalized spacial score (nSPS) is 19.0. The third kappa shape index (κ3) is 4.00. The highest BCUT2D eigenvalue weighted by atomic mass is 32.2. The monoisotopic (exact) mass is 408 g/mol. The van der Waals surface area contributed by atoms with Gasteiger partial charge in [0.25, 0.3) is 0 Å². The zero-order valence-electron chi connectivity index (χ0n) is 12.4. The van der Waals surface area contributed by atoms with Crippen LogP contribution in [0.25, 0.3) is 0 Å². The largest absolute Gasteiger partial charge is 0.460 e. The maximum atomic E-state index is 13.5. The number of rotatable bonds is 5. The average Bonchev–Trinajstić information content (AvgIpc) is 2.39. The van der Waals surface area contributed by atoms with Crippen LogP contribution in [0.1, 0.15) is 38.5 Å². The van der Waals surface area contributed by atoms with Crippen LogP contribution in [0.2, 0.25) is 0 Å². The van der Waals surface area contributed by atoms with E-state index in [0.29, 0.717) is 12.8 Å². The lowest BCUT2D eigenvalue weighted by atomic mass is 10.1. The molecule has 1 aliphatic carbocycles. The van der Waals surface area contributed by atoms with Crippen LogP contribution in [-0.2, 0) is 14.3 Å². The molecule has 0 spiro atoms. The maximum Gasteiger partial charge on any atom is 0.460 e. The zero-order chi connectivity index (χ0) is 19.7. The van der Waals surface area contributed by atoms with Crippen LogP contribution < -0.4 is 0 Å². The highest BCUT2D eigenvalue weighted by Gasteiger charge is 2.86. The van der Waals surface area contributed by atoms with E-state index in [1.165, 1.54) is 0 Å². The van der Waals surface area contributed by atoms with Crippen molar-refractivity contribution in [3.05, 3.63) is 11.8 Å². The molecule has 25 heavy (non-hydrogen) atoms. The van der Waals surface area contributed by atoms with Crippen molar-refractivity contribution in [2.45, 2.75) is 61.8 Å². The smallest absolute Gasteiger partial charge is 0.383 e. The molecule has 0 unspecified atom stereocenters. The molecule has 0 aromatic carbocycles. The molecule has 148 valence electrons. The summed E-state index contributed by atoms with van der Waals surface area (Å²) in [5, 5.41) is -6.82. The van der Waals surface area contributed by atoms with Gasteiger partial charge in [0.2, 0.25) is 0 Å². The van der Waals surface area contributed by atoms with E-state index in [1.807, 2.05) is 0 Å². The number of hydrogen-bond acceptors (Lipinski definition) is 3. The lowest BCUT2D eigenvalue weighted by molar-refractivity contribution is -0.382. The van der Waals surface area contributed by atoms with Crippen molar-refractivity contribution in [3.63, 3.8) is 0 Å². The van der Waals surface area contributed by atoms with Gasteiger partial charge in [-0.2, -0.15) is 47.9 Å². The van der Waals surface area contributed by atoms with Crippen LogP contribution in [0.5, 0.6) is 0 Å². The van der Waals surface area contributed by atoms with Crippen molar-refractivity contribution in [1.82, 2.24) is 0 Å². The molecule has 0 aliphatic heterocycles. The lowest BCUT2D eigenvalue weighted by Crippen LogP contribution is -2.63. The number of alkyl halides is 9. The molecule has 0 saturated heterocycles. The minimum atomic E-state index is -7.30. The first-order valence-corrected chi connectivity index (χ1v) is 8.32. The van der Waals surface area contributed by atoms with E-state index in [9.17, 15) is 47.9 Å². The first-order chi connectivity index (χ1) is 11.1. The van der Waals surface area contributed by atoms with Gasteiger partial charge in [0.1, 0.15) is 5.76 Å². The topological polar surface area (TPSA) is 43.4 Å². The summed E-state index contributed by atoms with van der Waals surface area (Å²) in [7, 11) is -6.82. The van der Waals surface area contributed by atoms with Gasteiger partial charge in [-0.25, -0.2) is 0 Å². The summed E-state index contributed by atoms with van der Waals surface area (Å²) in [5.41, 5.74) is 0. The molecule has 0 atom stereocenters. The Bertz CT molecular complexity index is 608. The van der Waals surface area contributed by atoms with E-state index in [0.717, 1.165) is 12.5 Å². The summed E-state index contributed by atoms with van der Waals surface area (Å²) >= 11 is 0. The van der Waals surface area contributed by atoms with Gasteiger partial charge in [0, 0.05) is 6.42 Å². The highest BCUT2D eigenvalue weighted by molar-refractivity contribution is 7.88. The molecule has 0 fully saturated rings. The first-order valence-electron chi connectivity index (χ1n) is 6.91. The molecular formula is C12H13F9O3S. The van der Waals surface area contributed by atoms with Crippen molar-refractivity contribution in [2.75, 3.05) is 0 Å². The minimum Gasteiger partial charge on any atom is -0.383 e. The molecule has 3 nitrogen and oxygen atoms in total. The van der Waals surface area contributed by atoms with Crippen LogP contribution in [-0.4, -0.2) is 31.7 Å². The number of hydrogen-bond donors (Lipinski definition) is 0. The number of allylic oxidation sites excluding steroid dienone is 2. The lowest BCUT2D eigenvalue weighted by Gasteiger charge is -2.32. The summed E-state index contributed by atoms with van der Waals surface area (Å²) in [6.07, 6.45) is -4.22. The van der Waals surface area contributed by atoms with E-state index in [-0.39, 0.29) is 19.3 Å². The fraction of sp³-hybridized carbons (Fsp3) is 0.833. The Morgan fingerprint density at radius 1 is 0.800 bits per heavy atom. The molecule has 0 aromatic rings. The van der Waals surface area contributed by atoms with Gasteiger partial charge in [-0.15, -0.1) is 0 Å². The summed E-state index contributed by atoms with van der Waals surface area (Å²) in [5.74, 6) is -15.3. The summed E-state index contributed by atoms with van der Waals surface area (Å²) in [6, 6.07) is 0. The van der Waals surface area contributed by atoms with E-state index < -0.39 is 39.2 Å². The molecule has 0 amide bonds. The SMILES string of the molecule is O=S(=O)(OC1=CCCCCCC1)C(F)(F)C(F)(F)C(F)(F)C(F)(F)F. The highest BCUT2D eigenvalue weighted by Crippen LogP contribution is 2.55. The molecular weight excluding hydrogens is 395 g/mol. The molecule has 0 heterocycles. The molecule has 1 rings (SSSR count). The molecule has 0 saturated carbocycles. The Hall–Kier alpha value is -1.14. The zero-order valence-corrected chi connectivity index (χ0v) is 13.2. The molecule has 0 bridgehead atoms. The van der Waals surface area contributed by atoms with Gasteiger partial charge in [-0.05, 0) is 25.3 Å². The van der Waals surface area contributed by atoms with Crippen LogP contribution in [0.15, 0.2) is 11.8 Å². The minimum absolute atomic E-state index is 0.144. The Labute approximate surface area is 136 Å². The Morgan fingerprint density at radius 3 is 1.84 bits per heavy atom. The van der Waals surface area contributed by atoms with Gasteiger partial charge in [-0.1, -0.05) is 12.8 Å². The Morgan fingerprint density at radius 2 is 1.32 bits per heavy atom. The maximum absolute atomic E-state index is 13.5. The molecule has 0 radical (unpaired) electrons. The van der Waals surface area contributed by atoms with E-state index in [2.05, 4.69) is 4.18 Å². The molecule has 0 N–H and O–H groups in total. The van der Waals surface area contributed by atoms with Gasteiger partial charge in [0.05, 0.1) is 0 Å².